The number of aromatic nitrogens is 1. The van der Waals surface area contributed by atoms with Crippen molar-refractivity contribution < 1.29 is 4.74 Å². The van der Waals surface area contributed by atoms with E-state index in [0.717, 1.165) is 27.9 Å². The minimum Gasteiger partial charge on any atom is -0.495 e. The number of halogens is 2. The highest BCUT2D eigenvalue weighted by atomic mass is 79.9. The predicted molar refractivity (Wildman–Crippen MR) is 85.5 cm³/mol. The maximum absolute atomic E-state index is 6.01. The predicted octanol–water partition coefficient (Wildman–Crippen LogP) is 4.21. The van der Waals surface area contributed by atoms with Crippen LogP contribution in [0.15, 0.2) is 41.1 Å². The quantitative estimate of drug-likeness (QED) is 0.872. The van der Waals surface area contributed by atoms with Gasteiger partial charge in [-0.25, -0.2) is 0 Å². The molecule has 0 saturated heterocycles. The van der Waals surface area contributed by atoms with E-state index in [-0.39, 0.29) is 6.04 Å². The van der Waals surface area contributed by atoms with Gasteiger partial charge in [0.25, 0.3) is 0 Å². The smallest absolute Gasteiger partial charge is 0.137 e. The van der Waals surface area contributed by atoms with E-state index in [9.17, 15) is 0 Å². The fraction of sp³-hybridized carbons (Fsp3) is 0.267. The van der Waals surface area contributed by atoms with E-state index in [4.69, 9.17) is 16.3 Å². The van der Waals surface area contributed by atoms with Crippen LogP contribution in [0.5, 0.6) is 5.75 Å². The first kappa shape index (κ1) is 15.3. The van der Waals surface area contributed by atoms with Crippen molar-refractivity contribution in [2.75, 3.05) is 13.7 Å². The Labute approximate surface area is 132 Å². The standard InChI is InChI=1S/C15H16BrClN2O/c1-3-19-15(10-6-12(20-2)9-18-8-10)13-5-4-11(17)7-14(13)16/h4-9,15,19H,3H2,1-2H3. The Balaban J connectivity index is 2.44. The first-order valence-corrected chi connectivity index (χ1v) is 7.50. The fourth-order valence-corrected chi connectivity index (χ4v) is 2.96. The summed E-state index contributed by atoms with van der Waals surface area (Å²) in [4.78, 5) is 4.22. The van der Waals surface area contributed by atoms with Crippen molar-refractivity contribution in [3.8, 4) is 5.75 Å². The molecule has 1 aromatic heterocycles. The second-order valence-corrected chi connectivity index (χ2v) is 5.61. The lowest BCUT2D eigenvalue weighted by Gasteiger charge is -2.20. The first-order valence-electron chi connectivity index (χ1n) is 6.33. The molecule has 0 bridgehead atoms. The van der Waals surface area contributed by atoms with E-state index in [1.165, 1.54) is 0 Å². The molecule has 0 aliphatic heterocycles. The lowest BCUT2D eigenvalue weighted by Crippen LogP contribution is -2.22. The van der Waals surface area contributed by atoms with Crippen LogP contribution >= 0.6 is 27.5 Å². The van der Waals surface area contributed by atoms with Crippen molar-refractivity contribution in [3.05, 3.63) is 57.3 Å². The minimum absolute atomic E-state index is 0.0363. The summed E-state index contributed by atoms with van der Waals surface area (Å²) in [5.41, 5.74) is 2.17. The Morgan fingerprint density at radius 1 is 1.35 bits per heavy atom. The third-order valence-corrected chi connectivity index (χ3v) is 3.91. The lowest BCUT2D eigenvalue weighted by atomic mass is 10.00. The zero-order valence-electron chi connectivity index (χ0n) is 11.4. The zero-order valence-corrected chi connectivity index (χ0v) is 13.7. The molecule has 0 spiro atoms. The number of nitrogens with one attached hydrogen (secondary N) is 1. The molecule has 0 amide bonds. The van der Waals surface area contributed by atoms with Crippen molar-refractivity contribution in [2.45, 2.75) is 13.0 Å². The molecule has 1 heterocycles. The molecule has 2 rings (SSSR count). The molecule has 20 heavy (non-hydrogen) atoms. The van der Waals surface area contributed by atoms with Crippen LogP contribution in [0.1, 0.15) is 24.1 Å². The third kappa shape index (κ3) is 3.51. The third-order valence-electron chi connectivity index (χ3n) is 2.99. The Morgan fingerprint density at radius 3 is 2.80 bits per heavy atom. The molecule has 0 fully saturated rings. The highest BCUT2D eigenvalue weighted by molar-refractivity contribution is 9.10. The van der Waals surface area contributed by atoms with Gasteiger partial charge in [0.1, 0.15) is 5.75 Å². The molecule has 3 nitrogen and oxygen atoms in total. The first-order chi connectivity index (χ1) is 9.65. The molecule has 1 aromatic carbocycles. The SMILES string of the molecule is CCNC(c1cncc(OC)c1)c1ccc(Cl)cc1Br. The molecule has 0 radical (unpaired) electrons. The monoisotopic (exact) mass is 354 g/mol. The van der Waals surface area contributed by atoms with Crippen LogP contribution in [0.2, 0.25) is 5.02 Å². The number of benzene rings is 1. The summed E-state index contributed by atoms with van der Waals surface area (Å²) >= 11 is 9.58. The van der Waals surface area contributed by atoms with E-state index in [0.29, 0.717) is 5.02 Å². The van der Waals surface area contributed by atoms with Gasteiger partial charge in [-0.1, -0.05) is 40.5 Å². The molecular weight excluding hydrogens is 340 g/mol. The van der Waals surface area contributed by atoms with E-state index in [1.807, 2.05) is 30.5 Å². The van der Waals surface area contributed by atoms with Crippen LogP contribution in [0, 0.1) is 0 Å². The zero-order chi connectivity index (χ0) is 14.5. The summed E-state index contributed by atoms with van der Waals surface area (Å²) in [6.07, 6.45) is 3.54. The van der Waals surface area contributed by atoms with Gasteiger partial charge in [-0.05, 0) is 35.9 Å². The molecule has 2 aromatic rings. The van der Waals surface area contributed by atoms with Crippen LogP contribution in [-0.4, -0.2) is 18.6 Å². The maximum Gasteiger partial charge on any atom is 0.137 e. The topological polar surface area (TPSA) is 34.2 Å². The Kier molecular flexibility index (Phi) is 5.40. The van der Waals surface area contributed by atoms with Crippen molar-refractivity contribution in [1.29, 1.82) is 0 Å². The number of methoxy groups -OCH3 is 1. The molecule has 1 N–H and O–H groups in total. The Morgan fingerprint density at radius 2 is 2.15 bits per heavy atom. The van der Waals surface area contributed by atoms with Gasteiger partial charge in [0, 0.05) is 15.7 Å². The summed E-state index contributed by atoms with van der Waals surface area (Å²) in [5.74, 6) is 0.746. The van der Waals surface area contributed by atoms with Gasteiger partial charge in [0.2, 0.25) is 0 Å². The van der Waals surface area contributed by atoms with E-state index in [2.05, 4.69) is 33.2 Å². The van der Waals surface area contributed by atoms with Gasteiger partial charge in [-0.3, -0.25) is 4.98 Å². The van der Waals surface area contributed by atoms with Crippen molar-refractivity contribution in [2.24, 2.45) is 0 Å². The number of nitrogens with zero attached hydrogens (tertiary/aromatic N) is 1. The van der Waals surface area contributed by atoms with E-state index >= 15 is 0 Å². The minimum atomic E-state index is 0.0363. The largest absolute Gasteiger partial charge is 0.495 e. The second kappa shape index (κ2) is 7.07. The van der Waals surface area contributed by atoms with E-state index in [1.54, 1.807) is 13.3 Å². The van der Waals surface area contributed by atoms with Gasteiger partial charge in [0.15, 0.2) is 0 Å². The number of rotatable bonds is 5. The van der Waals surface area contributed by atoms with Crippen LogP contribution in [0.4, 0.5) is 0 Å². The Hall–Kier alpha value is -1.10. The molecule has 0 aliphatic carbocycles. The number of hydrogen-bond donors (Lipinski definition) is 1. The van der Waals surface area contributed by atoms with Gasteiger partial charge in [-0.15, -0.1) is 0 Å². The van der Waals surface area contributed by atoms with Gasteiger partial charge >= 0.3 is 0 Å². The van der Waals surface area contributed by atoms with E-state index < -0.39 is 0 Å². The average molecular weight is 356 g/mol. The average Bonchev–Trinajstić information content (AvgIpc) is 2.45. The van der Waals surface area contributed by atoms with Gasteiger partial charge in [0.05, 0.1) is 19.3 Å². The van der Waals surface area contributed by atoms with Crippen molar-refractivity contribution >= 4 is 27.5 Å². The molecule has 0 saturated carbocycles. The van der Waals surface area contributed by atoms with Gasteiger partial charge < -0.3 is 10.1 Å². The maximum atomic E-state index is 6.01. The molecule has 0 aliphatic rings. The fourth-order valence-electron chi connectivity index (χ4n) is 2.05. The Bertz CT molecular complexity index is 592. The lowest BCUT2D eigenvalue weighted by molar-refractivity contribution is 0.411. The normalized spacial score (nSPS) is 12.2. The molecule has 5 heteroatoms. The number of hydrogen-bond acceptors (Lipinski definition) is 3. The summed E-state index contributed by atoms with van der Waals surface area (Å²) in [5, 5.41) is 4.17. The highest BCUT2D eigenvalue weighted by Gasteiger charge is 2.17. The summed E-state index contributed by atoms with van der Waals surface area (Å²) in [6.45, 7) is 2.92. The van der Waals surface area contributed by atoms with Gasteiger partial charge in [-0.2, -0.15) is 0 Å². The molecule has 106 valence electrons. The summed E-state index contributed by atoms with van der Waals surface area (Å²) in [6, 6.07) is 7.82. The van der Waals surface area contributed by atoms with Crippen molar-refractivity contribution in [3.63, 3.8) is 0 Å². The second-order valence-electron chi connectivity index (χ2n) is 4.31. The highest BCUT2D eigenvalue weighted by Crippen LogP contribution is 2.31. The van der Waals surface area contributed by atoms with Crippen LogP contribution in [-0.2, 0) is 0 Å². The van der Waals surface area contributed by atoms with Crippen LogP contribution < -0.4 is 10.1 Å². The van der Waals surface area contributed by atoms with Crippen LogP contribution in [0.25, 0.3) is 0 Å². The number of ether oxygens (including phenoxy) is 1. The number of pyridine rings is 1. The molecule has 1 atom stereocenters. The summed E-state index contributed by atoms with van der Waals surface area (Å²) < 4.78 is 6.22. The summed E-state index contributed by atoms with van der Waals surface area (Å²) in [7, 11) is 1.64. The van der Waals surface area contributed by atoms with Crippen LogP contribution in [0.3, 0.4) is 0 Å². The molecule has 1 unspecified atom stereocenters. The van der Waals surface area contributed by atoms with Crippen molar-refractivity contribution in [1.82, 2.24) is 10.3 Å². The molecular formula is C15H16BrClN2O.